The van der Waals surface area contributed by atoms with Crippen molar-refractivity contribution in [2.45, 2.75) is 13.8 Å². The quantitative estimate of drug-likeness (QED) is 0.244. The number of rotatable bonds is 3. The smallest absolute Gasteiger partial charge is 0.216 e. The number of halogens is 1. The first-order valence-corrected chi connectivity index (χ1v) is 11.8. The molecule has 35 heavy (non-hydrogen) atoms. The summed E-state index contributed by atoms with van der Waals surface area (Å²) in [6, 6.07) is 30.1. The van der Waals surface area contributed by atoms with Gasteiger partial charge in [-0.05, 0) is 60.4 Å². The lowest BCUT2D eigenvalue weighted by Gasteiger charge is -2.08. The van der Waals surface area contributed by atoms with Crippen molar-refractivity contribution in [3.63, 3.8) is 0 Å². The summed E-state index contributed by atoms with van der Waals surface area (Å²) in [7, 11) is 2.03. The predicted molar refractivity (Wildman–Crippen MR) is 141 cm³/mol. The largest absolute Gasteiger partial charge is 0.454 e. The molecule has 0 aliphatic heterocycles. The molecule has 0 unspecified atom stereocenters. The molecular formula is C32H25FNO+. The Balaban J connectivity index is 1.62. The second kappa shape index (κ2) is 8.21. The van der Waals surface area contributed by atoms with Crippen molar-refractivity contribution in [2.75, 3.05) is 0 Å². The van der Waals surface area contributed by atoms with Crippen LogP contribution in [0.25, 0.3) is 55.4 Å². The first kappa shape index (κ1) is 21.3. The number of aromatic nitrogens is 1. The van der Waals surface area contributed by atoms with Crippen LogP contribution in [0.4, 0.5) is 4.39 Å². The van der Waals surface area contributed by atoms with Crippen molar-refractivity contribution in [3.8, 4) is 33.5 Å². The van der Waals surface area contributed by atoms with E-state index < -0.39 is 0 Å². The minimum atomic E-state index is -0.291. The molecule has 170 valence electrons. The van der Waals surface area contributed by atoms with Crippen LogP contribution >= 0.6 is 0 Å². The molecule has 0 atom stereocenters. The molecule has 6 aromatic rings. The summed E-state index contributed by atoms with van der Waals surface area (Å²) >= 11 is 0. The van der Waals surface area contributed by atoms with E-state index in [-0.39, 0.29) is 5.82 Å². The van der Waals surface area contributed by atoms with Crippen LogP contribution in [-0.2, 0) is 7.05 Å². The Kier molecular flexibility index (Phi) is 5.00. The molecular weight excluding hydrogens is 433 g/mol. The van der Waals surface area contributed by atoms with Gasteiger partial charge in [0.15, 0.2) is 6.20 Å². The van der Waals surface area contributed by atoms with Gasteiger partial charge in [-0.1, -0.05) is 60.2 Å². The second-order valence-corrected chi connectivity index (χ2v) is 9.18. The van der Waals surface area contributed by atoms with E-state index in [0.29, 0.717) is 11.1 Å². The Morgan fingerprint density at radius 3 is 2.14 bits per heavy atom. The lowest BCUT2D eigenvalue weighted by atomic mass is 9.96. The van der Waals surface area contributed by atoms with Gasteiger partial charge in [0, 0.05) is 22.9 Å². The van der Waals surface area contributed by atoms with Gasteiger partial charge in [0.25, 0.3) is 0 Å². The number of furan rings is 1. The number of hydrogen-bond acceptors (Lipinski definition) is 1. The Morgan fingerprint density at radius 2 is 1.37 bits per heavy atom. The molecule has 0 aliphatic carbocycles. The van der Waals surface area contributed by atoms with Crippen molar-refractivity contribution < 1.29 is 13.4 Å². The van der Waals surface area contributed by atoms with Crippen LogP contribution < -0.4 is 4.57 Å². The lowest BCUT2D eigenvalue weighted by molar-refractivity contribution is -0.660. The molecule has 0 fully saturated rings. The molecule has 0 radical (unpaired) electrons. The van der Waals surface area contributed by atoms with Gasteiger partial charge in [0.2, 0.25) is 5.69 Å². The van der Waals surface area contributed by atoms with Crippen molar-refractivity contribution in [3.05, 3.63) is 114 Å². The van der Waals surface area contributed by atoms with Crippen LogP contribution in [0, 0.1) is 19.7 Å². The van der Waals surface area contributed by atoms with Crippen LogP contribution in [0.1, 0.15) is 11.1 Å². The molecule has 2 heterocycles. The maximum absolute atomic E-state index is 15.4. The lowest BCUT2D eigenvalue weighted by Crippen LogP contribution is -2.30. The molecule has 0 bridgehead atoms. The van der Waals surface area contributed by atoms with Crippen LogP contribution in [-0.4, -0.2) is 0 Å². The SMILES string of the molecule is Cc1ccc(-c2cccc(-c3c(F)ccc4c3oc3c(-c5cccc[n+]5C)c(C)ccc34)c2)cc1. The fourth-order valence-corrected chi connectivity index (χ4v) is 4.95. The third kappa shape index (κ3) is 3.52. The fourth-order valence-electron chi connectivity index (χ4n) is 4.95. The van der Waals surface area contributed by atoms with Crippen LogP contribution in [0.2, 0.25) is 0 Å². The fraction of sp³-hybridized carbons (Fsp3) is 0.0938. The van der Waals surface area contributed by atoms with E-state index >= 15 is 4.39 Å². The molecule has 0 saturated heterocycles. The van der Waals surface area contributed by atoms with Gasteiger partial charge < -0.3 is 4.42 Å². The molecule has 0 N–H and O–H groups in total. The molecule has 2 aromatic heterocycles. The standard InChI is InChI=1S/C32H25FNO/c1-20-10-13-22(14-11-20)23-7-6-8-24(19-23)30-27(33)17-16-26-25-15-12-21(2)29(31(25)35-32(26)30)28-9-4-5-18-34(28)3/h4-19H,1-3H3/q+1. The predicted octanol–water partition coefficient (Wildman–Crippen LogP) is 8.17. The van der Waals surface area contributed by atoms with Crippen LogP contribution in [0.3, 0.4) is 0 Å². The summed E-state index contributed by atoms with van der Waals surface area (Å²) < 4.78 is 24.1. The van der Waals surface area contributed by atoms with E-state index in [1.807, 2.05) is 49.6 Å². The van der Waals surface area contributed by atoms with Gasteiger partial charge in [0.05, 0.1) is 11.1 Å². The highest BCUT2D eigenvalue weighted by Gasteiger charge is 2.23. The highest BCUT2D eigenvalue weighted by molar-refractivity contribution is 6.13. The zero-order valence-corrected chi connectivity index (χ0v) is 20.0. The van der Waals surface area contributed by atoms with E-state index in [4.69, 9.17) is 4.42 Å². The van der Waals surface area contributed by atoms with E-state index in [2.05, 4.69) is 66.9 Å². The van der Waals surface area contributed by atoms with Crippen LogP contribution in [0.15, 0.2) is 102 Å². The zero-order valence-electron chi connectivity index (χ0n) is 20.0. The van der Waals surface area contributed by atoms with Crippen molar-refractivity contribution in [1.29, 1.82) is 0 Å². The number of fused-ring (bicyclic) bond motifs is 3. The van der Waals surface area contributed by atoms with Gasteiger partial charge in [-0.25, -0.2) is 8.96 Å². The van der Waals surface area contributed by atoms with E-state index in [0.717, 1.165) is 49.9 Å². The maximum atomic E-state index is 15.4. The highest BCUT2D eigenvalue weighted by Crippen LogP contribution is 2.42. The summed E-state index contributed by atoms with van der Waals surface area (Å²) in [5.74, 6) is -0.291. The highest BCUT2D eigenvalue weighted by atomic mass is 19.1. The van der Waals surface area contributed by atoms with E-state index in [1.165, 1.54) is 5.56 Å². The van der Waals surface area contributed by atoms with Gasteiger partial charge in [-0.2, -0.15) is 0 Å². The monoisotopic (exact) mass is 458 g/mol. The molecule has 6 rings (SSSR count). The van der Waals surface area contributed by atoms with E-state index in [9.17, 15) is 0 Å². The first-order valence-electron chi connectivity index (χ1n) is 11.8. The van der Waals surface area contributed by atoms with Gasteiger partial charge in [0.1, 0.15) is 24.0 Å². The number of aryl methyl sites for hydroxylation is 3. The molecule has 2 nitrogen and oxygen atoms in total. The number of nitrogens with zero attached hydrogens (tertiary/aromatic N) is 1. The normalized spacial score (nSPS) is 11.4. The zero-order chi connectivity index (χ0) is 24.1. The van der Waals surface area contributed by atoms with Crippen molar-refractivity contribution in [2.24, 2.45) is 7.05 Å². The molecule has 0 saturated carbocycles. The first-order chi connectivity index (χ1) is 17.0. The van der Waals surface area contributed by atoms with Gasteiger partial charge in [-0.3, -0.25) is 0 Å². The Labute approximate surface area is 203 Å². The van der Waals surface area contributed by atoms with Crippen LogP contribution in [0.5, 0.6) is 0 Å². The molecule has 4 aromatic carbocycles. The molecule has 0 spiro atoms. The minimum Gasteiger partial charge on any atom is -0.454 e. The third-order valence-corrected chi connectivity index (χ3v) is 6.81. The number of hydrogen-bond donors (Lipinski definition) is 0. The summed E-state index contributed by atoms with van der Waals surface area (Å²) in [5.41, 5.74) is 9.20. The second-order valence-electron chi connectivity index (χ2n) is 9.18. The van der Waals surface area contributed by atoms with E-state index in [1.54, 1.807) is 6.07 Å². The Morgan fingerprint density at radius 1 is 0.657 bits per heavy atom. The summed E-state index contributed by atoms with van der Waals surface area (Å²) in [5, 5.41) is 1.90. The van der Waals surface area contributed by atoms with Gasteiger partial charge in [-0.15, -0.1) is 0 Å². The maximum Gasteiger partial charge on any atom is 0.216 e. The molecule has 3 heteroatoms. The Bertz CT molecular complexity index is 1730. The number of pyridine rings is 1. The average molecular weight is 459 g/mol. The van der Waals surface area contributed by atoms with Crippen molar-refractivity contribution in [1.82, 2.24) is 0 Å². The average Bonchev–Trinajstić information content (AvgIpc) is 3.23. The minimum absolute atomic E-state index is 0.291. The summed E-state index contributed by atoms with van der Waals surface area (Å²) in [6.07, 6.45) is 2.03. The summed E-state index contributed by atoms with van der Waals surface area (Å²) in [4.78, 5) is 0. The topological polar surface area (TPSA) is 17.0 Å². The Hall–Kier alpha value is -4.24. The molecule has 0 aliphatic rings. The molecule has 0 amide bonds. The summed E-state index contributed by atoms with van der Waals surface area (Å²) in [6.45, 7) is 4.16. The van der Waals surface area contributed by atoms with Gasteiger partial charge >= 0.3 is 0 Å². The van der Waals surface area contributed by atoms with Crippen molar-refractivity contribution >= 4 is 21.9 Å². The third-order valence-electron chi connectivity index (χ3n) is 6.81. The number of benzene rings is 4.